The van der Waals surface area contributed by atoms with E-state index in [1.807, 2.05) is 0 Å². The van der Waals surface area contributed by atoms with Crippen molar-refractivity contribution >= 4 is 16.1 Å². The maximum atomic E-state index is 10.6. The smallest absolute Gasteiger partial charge is 0.317 e. The first kappa shape index (κ1) is 10.2. The number of hydrogen-bond acceptors (Lipinski definition) is 3. The third kappa shape index (κ3) is 4.57. The molecule has 7 heteroatoms. The Bertz CT molecular complexity index is 234. The van der Waals surface area contributed by atoms with E-state index in [1.54, 1.807) is 0 Å². The Morgan fingerprint density at radius 2 is 2.09 bits per heavy atom. The number of amides is 2. The fourth-order valence-electron chi connectivity index (χ4n) is 0.494. The zero-order valence-corrected chi connectivity index (χ0v) is 7.05. The summed E-state index contributed by atoms with van der Waals surface area (Å²) in [6, 6.07) is -0.567. The Kier molecular flexibility index (Phi) is 3.27. The van der Waals surface area contributed by atoms with Crippen LogP contribution in [0.2, 0.25) is 0 Å². The van der Waals surface area contributed by atoms with Gasteiger partial charge in [0.2, 0.25) is 0 Å². The van der Waals surface area contributed by atoms with Crippen molar-refractivity contribution in [3.8, 4) is 0 Å². The highest BCUT2D eigenvalue weighted by Gasteiger charge is 2.13. The summed E-state index contributed by atoms with van der Waals surface area (Å²) in [5.74, 6) is -0.702. The number of carbonyl (C=O) groups excluding carboxylic acids is 1. The zero-order chi connectivity index (χ0) is 9.07. The van der Waals surface area contributed by atoms with E-state index in [0.717, 1.165) is 4.90 Å². The van der Waals surface area contributed by atoms with Crippen LogP contribution in [-0.2, 0) is 10.1 Å². The quantitative estimate of drug-likeness (QED) is 0.542. The zero-order valence-electron chi connectivity index (χ0n) is 6.23. The number of carbonyl (C=O) groups is 1. The van der Waals surface area contributed by atoms with E-state index in [9.17, 15) is 13.2 Å². The fraction of sp³-hybridized carbons (Fsp3) is 0.750. The number of nitrogens with zero attached hydrogens (tertiary/aromatic N) is 1. The summed E-state index contributed by atoms with van der Waals surface area (Å²) in [6.45, 7) is 0. The molecule has 0 aliphatic heterocycles. The standard InChI is InChI=1S/C4H10N2O4S/c1-5-4(7)6(2)3-11(8,9)10/h3H2,1-2H3,(H,5,7)(H,8,9,10). The van der Waals surface area contributed by atoms with Crippen molar-refractivity contribution in [3.05, 3.63) is 0 Å². The van der Waals surface area contributed by atoms with Gasteiger partial charge in [-0.05, 0) is 0 Å². The van der Waals surface area contributed by atoms with Gasteiger partial charge in [-0.3, -0.25) is 4.55 Å². The van der Waals surface area contributed by atoms with Crippen molar-refractivity contribution in [1.82, 2.24) is 10.2 Å². The van der Waals surface area contributed by atoms with Crippen molar-refractivity contribution in [2.45, 2.75) is 0 Å². The Hall–Kier alpha value is -0.820. The lowest BCUT2D eigenvalue weighted by molar-refractivity contribution is 0.216. The van der Waals surface area contributed by atoms with Gasteiger partial charge in [0.05, 0.1) is 0 Å². The Morgan fingerprint density at radius 1 is 1.64 bits per heavy atom. The van der Waals surface area contributed by atoms with Gasteiger partial charge < -0.3 is 10.2 Å². The molecule has 0 rings (SSSR count). The van der Waals surface area contributed by atoms with Gasteiger partial charge in [0.15, 0.2) is 0 Å². The Morgan fingerprint density at radius 3 is 2.36 bits per heavy atom. The highest BCUT2D eigenvalue weighted by atomic mass is 32.2. The molecule has 0 aromatic rings. The molecule has 0 aromatic carbocycles. The molecule has 6 nitrogen and oxygen atoms in total. The summed E-state index contributed by atoms with van der Waals surface area (Å²) >= 11 is 0. The predicted octanol–water partition coefficient (Wildman–Crippen LogP) is -0.897. The molecule has 0 saturated carbocycles. The van der Waals surface area contributed by atoms with Crippen LogP contribution in [0.1, 0.15) is 0 Å². The van der Waals surface area contributed by atoms with E-state index < -0.39 is 22.0 Å². The normalized spacial score (nSPS) is 10.8. The molecular weight excluding hydrogens is 172 g/mol. The molecule has 0 saturated heterocycles. The molecule has 2 N–H and O–H groups in total. The van der Waals surface area contributed by atoms with Crippen molar-refractivity contribution in [2.75, 3.05) is 20.0 Å². The number of rotatable bonds is 2. The first-order chi connectivity index (χ1) is 4.87. The number of hydrogen-bond donors (Lipinski definition) is 2. The van der Waals surface area contributed by atoms with E-state index >= 15 is 0 Å². The lowest BCUT2D eigenvalue weighted by atomic mass is 10.8. The second kappa shape index (κ2) is 3.54. The van der Waals surface area contributed by atoms with Crippen LogP contribution in [0.25, 0.3) is 0 Å². The van der Waals surface area contributed by atoms with Crippen LogP contribution in [0.4, 0.5) is 4.79 Å². The minimum atomic E-state index is -4.11. The van der Waals surface area contributed by atoms with Gasteiger partial charge in [0.25, 0.3) is 10.1 Å². The monoisotopic (exact) mass is 182 g/mol. The minimum Gasteiger partial charge on any atom is -0.341 e. The topological polar surface area (TPSA) is 86.7 Å². The second-order valence-electron chi connectivity index (χ2n) is 1.96. The van der Waals surface area contributed by atoms with Crippen LogP contribution in [0.5, 0.6) is 0 Å². The van der Waals surface area contributed by atoms with Crippen LogP contribution >= 0.6 is 0 Å². The average Bonchev–Trinajstić information content (AvgIpc) is 1.82. The Balaban J connectivity index is 4.09. The first-order valence-corrected chi connectivity index (χ1v) is 4.35. The van der Waals surface area contributed by atoms with E-state index in [-0.39, 0.29) is 0 Å². The summed E-state index contributed by atoms with van der Waals surface area (Å²) in [4.78, 5) is 11.5. The fourth-order valence-corrected chi connectivity index (χ4v) is 1.10. The number of urea groups is 1. The lowest BCUT2D eigenvalue weighted by Crippen LogP contribution is -2.38. The van der Waals surface area contributed by atoms with E-state index in [2.05, 4.69) is 5.32 Å². The minimum absolute atomic E-state index is 0.567. The molecule has 66 valence electrons. The molecule has 0 spiro atoms. The van der Waals surface area contributed by atoms with E-state index in [0.29, 0.717) is 0 Å². The van der Waals surface area contributed by atoms with Crippen LogP contribution in [0, 0.1) is 0 Å². The molecule has 0 aliphatic carbocycles. The number of nitrogens with one attached hydrogen (secondary N) is 1. The van der Waals surface area contributed by atoms with Gasteiger partial charge in [-0.2, -0.15) is 8.42 Å². The average molecular weight is 182 g/mol. The van der Waals surface area contributed by atoms with Crippen molar-refractivity contribution in [1.29, 1.82) is 0 Å². The highest BCUT2D eigenvalue weighted by Crippen LogP contribution is 1.88. The molecule has 11 heavy (non-hydrogen) atoms. The SMILES string of the molecule is CNC(=O)N(C)CS(=O)(=O)O. The van der Waals surface area contributed by atoms with Crippen LogP contribution in [0.3, 0.4) is 0 Å². The molecule has 0 unspecified atom stereocenters. The van der Waals surface area contributed by atoms with Gasteiger partial charge in [-0.15, -0.1) is 0 Å². The molecule has 2 amide bonds. The second-order valence-corrected chi connectivity index (χ2v) is 3.39. The lowest BCUT2D eigenvalue weighted by Gasteiger charge is -2.13. The van der Waals surface area contributed by atoms with Crippen molar-refractivity contribution < 1.29 is 17.8 Å². The van der Waals surface area contributed by atoms with Crippen molar-refractivity contribution in [3.63, 3.8) is 0 Å². The molecule has 0 heterocycles. The van der Waals surface area contributed by atoms with Gasteiger partial charge in [0, 0.05) is 14.1 Å². The van der Waals surface area contributed by atoms with E-state index in [4.69, 9.17) is 4.55 Å². The summed E-state index contributed by atoms with van der Waals surface area (Å²) in [7, 11) is -1.49. The summed E-state index contributed by atoms with van der Waals surface area (Å²) in [5, 5.41) is 2.20. The maximum absolute atomic E-state index is 10.6. The third-order valence-corrected chi connectivity index (χ3v) is 1.63. The van der Waals surface area contributed by atoms with Crippen LogP contribution in [-0.4, -0.2) is 43.9 Å². The molecule has 0 radical (unpaired) electrons. The highest BCUT2D eigenvalue weighted by molar-refractivity contribution is 7.85. The molecular formula is C4H10N2O4S. The largest absolute Gasteiger partial charge is 0.341 e. The third-order valence-electron chi connectivity index (χ3n) is 0.917. The molecule has 0 aliphatic rings. The summed E-state index contributed by atoms with van der Waals surface area (Å²) in [5.41, 5.74) is 0. The Labute approximate surface area is 64.9 Å². The van der Waals surface area contributed by atoms with Crippen LogP contribution < -0.4 is 5.32 Å². The van der Waals surface area contributed by atoms with Gasteiger partial charge in [-0.1, -0.05) is 0 Å². The van der Waals surface area contributed by atoms with E-state index in [1.165, 1.54) is 14.1 Å². The first-order valence-electron chi connectivity index (χ1n) is 2.75. The predicted molar refractivity (Wildman–Crippen MR) is 38.6 cm³/mol. The van der Waals surface area contributed by atoms with Gasteiger partial charge in [0.1, 0.15) is 5.88 Å². The molecule has 0 fully saturated rings. The van der Waals surface area contributed by atoms with Gasteiger partial charge in [-0.25, -0.2) is 4.79 Å². The van der Waals surface area contributed by atoms with Gasteiger partial charge >= 0.3 is 6.03 Å². The maximum Gasteiger partial charge on any atom is 0.317 e. The summed E-state index contributed by atoms with van der Waals surface area (Å²) in [6.07, 6.45) is 0. The van der Waals surface area contributed by atoms with Crippen molar-refractivity contribution in [2.24, 2.45) is 0 Å². The summed E-state index contributed by atoms with van der Waals surface area (Å²) < 4.78 is 28.7. The molecule has 0 bridgehead atoms. The molecule has 0 atom stereocenters. The van der Waals surface area contributed by atoms with Crippen LogP contribution in [0.15, 0.2) is 0 Å². The molecule has 0 aromatic heterocycles.